The molecule has 1 N–H and O–H groups in total. The molecular formula is C18H12F3NO2. The SMILES string of the molecule is CCc1cc(-c2c(F)cc(F)cc2F)c2cc(C(=O)O)ccc2n1. The van der Waals surface area contributed by atoms with Crippen LogP contribution in [-0.2, 0) is 6.42 Å². The van der Waals surface area contributed by atoms with Gasteiger partial charge in [0.05, 0.1) is 16.6 Å². The molecule has 6 heteroatoms. The Balaban J connectivity index is 2.41. The molecule has 0 unspecified atom stereocenters. The number of hydrogen-bond acceptors (Lipinski definition) is 2. The molecule has 0 saturated heterocycles. The molecule has 1 heterocycles. The van der Waals surface area contributed by atoms with Crippen LogP contribution in [0.2, 0.25) is 0 Å². The number of aryl methyl sites for hydroxylation is 1. The van der Waals surface area contributed by atoms with E-state index in [4.69, 9.17) is 5.11 Å². The number of carbonyl (C=O) groups is 1. The zero-order valence-corrected chi connectivity index (χ0v) is 12.6. The summed E-state index contributed by atoms with van der Waals surface area (Å²) in [6, 6.07) is 6.85. The smallest absolute Gasteiger partial charge is 0.335 e. The highest BCUT2D eigenvalue weighted by Crippen LogP contribution is 2.33. The highest BCUT2D eigenvalue weighted by Gasteiger charge is 2.18. The number of carboxylic acid groups (broad SMARTS) is 1. The first-order valence-corrected chi connectivity index (χ1v) is 7.22. The van der Waals surface area contributed by atoms with Gasteiger partial charge < -0.3 is 5.11 Å². The molecule has 0 radical (unpaired) electrons. The van der Waals surface area contributed by atoms with Crippen molar-refractivity contribution < 1.29 is 23.1 Å². The fraction of sp³-hybridized carbons (Fsp3) is 0.111. The van der Waals surface area contributed by atoms with E-state index in [1.165, 1.54) is 24.3 Å². The maximum atomic E-state index is 14.2. The van der Waals surface area contributed by atoms with Crippen LogP contribution in [0.4, 0.5) is 13.2 Å². The summed E-state index contributed by atoms with van der Waals surface area (Å²) in [5.41, 5.74) is 0.717. The monoisotopic (exact) mass is 331 g/mol. The highest BCUT2D eigenvalue weighted by molar-refractivity contribution is 6.00. The minimum absolute atomic E-state index is 0.0299. The summed E-state index contributed by atoms with van der Waals surface area (Å²) in [7, 11) is 0. The quantitative estimate of drug-likeness (QED) is 0.764. The van der Waals surface area contributed by atoms with Gasteiger partial charge in [0.25, 0.3) is 0 Å². The predicted molar refractivity (Wildman–Crippen MR) is 83.4 cm³/mol. The number of hydrogen-bond donors (Lipinski definition) is 1. The van der Waals surface area contributed by atoms with E-state index in [1.54, 1.807) is 0 Å². The predicted octanol–water partition coefficient (Wildman–Crippen LogP) is 4.58. The Kier molecular flexibility index (Phi) is 3.97. The van der Waals surface area contributed by atoms with E-state index >= 15 is 0 Å². The van der Waals surface area contributed by atoms with Crippen LogP contribution in [0, 0.1) is 17.5 Å². The molecule has 0 aliphatic carbocycles. The van der Waals surface area contributed by atoms with Crippen LogP contribution >= 0.6 is 0 Å². The van der Waals surface area contributed by atoms with Crippen molar-refractivity contribution in [1.82, 2.24) is 4.98 Å². The van der Waals surface area contributed by atoms with Crippen LogP contribution in [0.25, 0.3) is 22.0 Å². The minimum Gasteiger partial charge on any atom is -0.478 e. The van der Waals surface area contributed by atoms with Crippen LogP contribution in [0.15, 0.2) is 36.4 Å². The number of pyridine rings is 1. The van der Waals surface area contributed by atoms with Gasteiger partial charge in [0.15, 0.2) is 0 Å². The minimum atomic E-state index is -1.16. The standard InChI is InChI=1S/C18H12F3NO2/c1-2-11-8-13(17-14(20)6-10(19)7-15(17)21)12-5-9(18(23)24)3-4-16(12)22-11/h3-8H,2H2,1H3,(H,23,24). The molecule has 0 saturated carbocycles. The summed E-state index contributed by atoms with van der Waals surface area (Å²) in [5.74, 6) is -4.29. The molecular weight excluding hydrogens is 319 g/mol. The van der Waals surface area contributed by atoms with Gasteiger partial charge in [-0.2, -0.15) is 0 Å². The van der Waals surface area contributed by atoms with Crippen molar-refractivity contribution in [1.29, 1.82) is 0 Å². The molecule has 3 rings (SSSR count). The molecule has 3 aromatic rings. The van der Waals surface area contributed by atoms with Crippen molar-refractivity contribution in [2.24, 2.45) is 0 Å². The van der Waals surface area contributed by atoms with Crippen LogP contribution < -0.4 is 0 Å². The van der Waals surface area contributed by atoms with E-state index in [0.29, 0.717) is 29.8 Å². The fourth-order valence-electron chi connectivity index (χ4n) is 2.60. The van der Waals surface area contributed by atoms with Crippen molar-refractivity contribution >= 4 is 16.9 Å². The lowest BCUT2D eigenvalue weighted by Gasteiger charge is -2.12. The average molecular weight is 331 g/mol. The Bertz CT molecular complexity index is 947. The molecule has 0 atom stereocenters. The summed E-state index contributed by atoms with van der Waals surface area (Å²) in [6.07, 6.45) is 0.522. The molecule has 0 amide bonds. The van der Waals surface area contributed by atoms with Crippen LogP contribution in [0.5, 0.6) is 0 Å². The van der Waals surface area contributed by atoms with Gasteiger partial charge in [-0.25, -0.2) is 18.0 Å². The normalized spacial score (nSPS) is 11.0. The number of rotatable bonds is 3. The molecule has 122 valence electrons. The first-order chi connectivity index (χ1) is 11.4. The number of carboxylic acids is 1. The van der Waals surface area contributed by atoms with Crippen LogP contribution in [0.3, 0.4) is 0 Å². The topological polar surface area (TPSA) is 50.2 Å². The van der Waals surface area contributed by atoms with Gasteiger partial charge in [0.2, 0.25) is 0 Å². The highest BCUT2D eigenvalue weighted by atomic mass is 19.1. The summed E-state index contributed by atoms with van der Waals surface area (Å²) in [4.78, 5) is 15.5. The fourth-order valence-corrected chi connectivity index (χ4v) is 2.60. The maximum absolute atomic E-state index is 14.2. The lowest BCUT2D eigenvalue weighted by Crippen LogP contribution is -2.00. The van der Waals surface area contributed by atoms with Crippen LogP contribution in [0.1, 0.15) is 23.0 Å². The van der Waals surface area contributed by atoms with Crippen molar-refractivity contribution in [2.45, 2.75) is 13.3 Å². The maximum Gasteiger partial charge on any atom is 0.335 e. The number of aromatic nitrogens is 1. The van der Waals surface area contributed by atoms with E-state index in [2.05, 4.69) is 4.98 Å². The van der Waals surface area contributed by atoms with E-state index < -0.39 is 29.0 Å². The van der Waals surface area contributed by atoms with Crippen molar-refractivity contribution in [2.75, 3.05) is 0 Å². The Morgan fingerprint density at radius 2 is 1.75 bits per heavy atom. The molecule has 0 aliphatic heterocycles. The van der Waals surface area contributed by atoms with Crippen molar-refractivity contribution in [3.05, 3.63) is 65.1 Å². The third kappa shape index (κ3) is 2.71. The Hall–Kier alpha value is -2.89. The third-order valence-corrected chi connectivity index (χ3v) is 3.75. The summed E-state index contributed by atoms with van der Waals surface area (Å²) in [6.45, 7) is 1.83. The Labute approximate surface area is 135 Å². The van der Waals surface area contributed by atoms with E-state index in [9.17, 15) is 18.0 Å². The van der Waals surface area contributed by atoms with E-state index in [-0.39, 0.29) is 16.5 Å². The zero-order chi connectivity index (χ0) is 17.4. The van der Waals surface area contributed by atoms with Crippen molar-refractivity contribution in [3.63, 3.8) is 0 Å². The van der Waals surface area contributed by atoms with E-state index in [0.717, 1.165) is 0 Å². The molecule has 0 spiro atoms. The molecule has 24 heavy (non-hydrogen) atoms. The summed E-state index contributed by atoms with van der Waals surface area (Å²) >= 11 is 0. The second kappa shape index (κ2) is 5.96. The molecule has 3 nitrogen and oxygen atoms in total. The van der Waals surface area contributed by atoms with Gasteiger partial charge in [-0.15, -0.1) is 0 Å². The summed E-state index contributed by atoms with van der Waals surface area (Å²) in [5, 5.41) is 9.42. The van der Waals surface area contributed by atoms with Gasteiger partial charge in [-0.3, -0.25) is 4.98 Å². The van der Waals surface area contributed by atoms with Gasteiger partial charge in [0.1, 0.15) is 17.5 Å². The Morgan fingerprint density at radius 3 is 2.33 bits per heavy atom. The number of halogens is 3. The van der Waals surface area contributed by atoms with Gasteiger partial charge in [0, 0.05) is 23.2 Å². The van der Waals surface area contributed by atoms with E-state index in [1.807, 2.05) is 6.92 Å². The second-order valence-electron chi connectivity index (χ2n) is 5.30. The first kappa shape index (κ1) is 16.0. The Morgan fingerprint density at radius 1 is 1.08 bits per heavy atom. The van der Waals surface area contributed by atoms with Crippen molar-refractivity contribution in [3.8, 4) is 11.1 Å². The first-order valence-electron chi connectivity index (χ1n) is 7.22. The third-order valence-electron chi connectivity index (χ3n) is 3.75. The molecule has 0 bridgehead atoms. The second-order valence-corrected chi connectivity index (χ2v) is 5.30. The molecule has 2 aromatic carbocycles. The largest absolute Gasteiger partial charge is 0.478 e. The lowest BCUT2D eigenvalue weighted by molar-refractivity contribution is 0.0697. The summed E-state index contributed by atoms with van der Waals surface area (Å²) < 4.78 is 41.6. The number of benzene rings is 2. The van der Waals surface area contributed by atoms with Gasteiger partial charge in [-0.1, -0.05) is 6.92 Å². The number of fused-ring (bicyclic) bond motifs is 1. The molecule has 0 fully saturated rings. The van der Waals surface area contributed by atoms with Gasteiger partial charge >= 0.3 is 5.97 Å². The zero-order valence-electron chi connectivity index (χ0n) is 12.6. The number of nitrogens with zero attached hydrogens (tertiary/aromatic N) is 1. The number of aromatic carboxylic acids is 1. The molecule has 0 aliphatic rings. The van der Waals surface area contributed by atoms with Crippen LogP contribution in [-0.4, -0.2) is 16.1 Å². The average Bonchev–Trinajstić information content (AvgIpc) is 2.53. The van der Waals surface area contributed by atoms with Gasteiger partial charge in [-0.05, 0) is 36.2 Å². The molecule has 1 aromatic heterocycles. The lowest BCUT2D eigenvalue weighted by atomic mass is 9.97.